The number of guanidine groups is 1. The monoisotopic (exact) mass is 436 g/mol. The fraction of sp³-hybridized carbons (Fsp3) is 0.625. The molecule has 1 atom stereocenters. The molecule has 1 rings (SSSR count). The molecule has 0 spiro atoms. The smallest absolute Gasteiger partial charge is 0.284 e. The van der Waals surface area contributed by atoms with E-state index in [1.54, 1.807) is 12.1 Å². The fourth-order valence-electron chi connectivity index (χ4n) is 1.96. The number of primary amides is 1. The first-order chi connectivity index (χ1) is 10.4. The van der Waals surface area contributed by atoms with Gasteiger partial charge < -0.3 is 20.8 Å². The van der Waals surface area contributed by atoms with Crippen molar-refractivity contribution in [2.45, 2.75) is 53.1 Å². The first kappa shape index (κ1) is 21.8. The van der Waals surface area contributed by atoms with Crippen LogP contribution in [0.2, 0.25) is 0 Å². The maximum absolute atomic E-state index is 11.0. The van der Waals surface area contributed by atoms with Crippen molar-refractivity contribution in [3.63, 3.8) is 0 Å². The van der Waals surface area contributed by atoms with Gasteiger partial charge in [-0.05, 0) is 44.7 Å². The largest absolute Gasteiger partial charge is 0.454 e. The highest BCUT2D eigenvalue weighted by Crippen LogP contribution is 2.09. The Hall–Kier alpha value is -1.25. The predicted molar refractivity (Wildman–Crippen MR) is 104 cm³/mol. The maximum Gasteiger partial charge on any atom is 0.284 e. The van der Waals surface area contributed by atoms with E-state index in [9.17, 15) is 4.79 Å². The van der Waals surface area contributed by atoms with Gasteiger partial charge in [-0.1, -0.05) is 13.8 Å². The topological polar surface area (TPSA) is 92.6 Å². The maximum atomic E-state index is 11.0. The van der Waals surface area contributed by atoms with Crippen LogP contribution in [0.4, 0.5) is 0 Å². The van der Waals surface area contributed by atoms with Crippen molar-refractivity contribution in [3.05, 3.63) is 23.7 Å². The molecule has 0 saturated carbocycles. The number of carbonyl (C=O) groups is 1. The Labute approximate surface area is 155 Å². The van der Waals surface area contributed by atoms with Crippen molar-refractivity contribution in [1.82, 2.24) is 10.6 Å². The molecule has 1 aromatic rings. The molecule has 1 unspecified atom stereocenters. The number of hydrogen-bond donors (Lipinski definition) is 3. The van der Waals surface area contributed by atoms with E-state index >= 15 is 0 Å². The summed E-state index contributed by atoms with van der Waals surface area (Å²) in [7, 11) is 0. The Morgan fingerprint density at radius 2 is 2.00 bits per heavy atom. The molecule has 0 bridgehead atoms. The van der Waals surface area contributed by atoms with Gasteiger partial charge in [0.2, 0.25) is 0 Å². The van der Waals surface area contributed by atoms with Crippen molar-refractivity contribution >= 4 is 35.8 Å². The first-order valence-electron chi connectivity index (χ1n) is 7.85. The molecule has 6 nitrogen and oxygen atoms in total. The van der Waals surface area contributed by atoms with Gasteiger partial charge >= 0.3 is 0 Å². The highest BCUT2D eigenvalue weighted by atomic mass is 127. The second kappa shape index (κ2) is 11.3. The molecule has 7 heteroatoms. The molecule has 1 heterocycles. The highest BCUT2D eigenvalue weighted by Gasteiger charge is 2.08. The summed E-state index contributed by atoms with van der Waals surface area (Å²) in [5.74, 6) is 1.65. The number of amides is 1. The van der Waals surface area contributed by atoms with Crippen molar-refractivity contribution in [3.8, 4) is 0 Å². The molecule has 0 fully saturated rings. The molecular formula is C16H29IN4O2. The quantitative estimate of drug-likeness (QED) is 0.332. The van der Waals surface area contributed by atoms with Crippen LogP contribution in [-0.4, -0.2) is 24.5 Å². The normalized spacial score (nSPS) is 12.7. The summed E-state index contributed by atoms with van der Waals surface area (Å²) in [4.78, 5) is 15.5. The lowest BCUT2D eigenvalue weighted by Crippen LogP contribution is -2.42. The van der Waals surface area contributed by atoms with Crippen LogP contribution in [-0.2, 0) is 6.54 Å². The molecule has 0 aliphatic rings. The number of nitrogens with two attached hydrogens (primary N) is 1. The van der Waals surface area contributed by atoms with Crippen molar-refractivity contribution < 1.29 is 9.21 Å². The Bertz CT molecular complexity index is 500. The fourth-order valence-corrected chi connectivity index (χ4v) is 1.96. The van der Waals surface area contributed by atoms with Crippen LogP contribution in [0.1, 0.15) is 56.9 Å². The van der Waals surface area contributed by atoms with Crippen molar-refractivity contribution in [1.29, 1.82) is 0 Å². The van der Waals surface area contributed by atoms with Gasteiger partial charge in [-0.3, -0.25) is 4.79 Å². The molecule has 0 saturated heterocycles. The van der Waals surface area contributed by atoms with Crippen LogP contribution in [0.5, 0.6) is 0 Å². The Kier molecular flexibility index (Phi) is 10.7. The number of nitrogens with one attached hydrogen (secondary N) is 2. The molecule has 0 aliphatic carbocycles. The van der Waals surface area contributed by atoms with Gasteiger partial charge in [-0.25, -0.2) is 4.99 Å². The molecule has 0 radical (unpaired) electrons. The summed E-state index contributed by atoms with van der Waals surface area (Å²) in [6.07, 6.45) is 2.27. The molecule has 0 aliphatic heterocycles. The average molecular weight is 436 g/mol. The van der Waals surface area contributed by atoms with Crippen LogP contribution < -0.4 is 16.4 Å². The van der Waals surface area contributed by atoms with Crippen LogP contribution in [0.3, 0.4) is 0 Å². The zero-order valence-corrected chi connectivity index (χ0v) is 16.7. The first-order valence-corrected chi connectivity index (χ1v) is 7.85. The van der Waals surface area contributed by atoms with Crippen LogP contribution in [0, 0.1) is 5.92 Å². The third kappa shape index (κ3) is 8.83. The van der Waals surface area contributed by atoms with E-state index in [2.05, 4.69) is 36.4 Å². The van der Waals surface area contributed by atoms with Crippen LogP contribution in [0.25, 0.3) is 0 Å². The Morgan fingerprint density at radius 3 is 2.52 bits per heavy atom. The summed E-state index contributed by atoms with van der Waals surface area (Å²) in [6.45, 7) is 9.76. The number of carbonyl (C=O) groups excluding carboxylic acids is 1. The predicted octanol–water partition coefficient (Wildman–Crippen LogP) is 2.88. The third-order valence-electron chi connectivity index (χ3n) is 3.20. The van der Waals surface area contributed by atoms with Gasteiger partial charge in [0.1, 0.15) is 12.3 Å². The summed E-state index contributed by atoms with van der Waals surface area (Å²) >= 11 is 0. The van der Waals surface area contributed by atoms with E-state index in [0.717, 1.165) is 18.9 Å². The summed E-state index contributed by atoms with van der Waals surface area (Å²) in [5.41, 5.74) is 5.16. The molecule has 4 N–H and O–H groups in total. The minimum absolute atomic E-state index is 0. The van der Waals surface area contributed by atoms with E-state index in [1.165, 1.54) is 6.42 Å². The van der Waals surface area contributed by atoms with E-state index < -0.39 is 5.91 Å². The summed E-state index contributed by atoms with van der Waals surface area (Å²) in [6, 6.07) is 3.63. The Morgan fingerprint density at radius 1 is 1.30 bits per heavy atom. The Balaban J connectivity index is 0.00000484. The van der Waals surface area contributed by atoms with E-state index in [-0.39, 0.29) is 29.7 Å². The number of rotatable bonds is 8. The lowest BCUT2D eigenvalue weighted by Gasteiger charge is -2.18. The third-order valence-corrected chi connectivity index (χ3v) is 3.20. The average Bonchev–Trinajstić information content (AvgIpc) is 2.92. The lowest BCUT2D eigenvalue weighted by molar-refractivity contribution is 0.0972. The standard InChI is InChI=1S/C16H28N4O2.HI/c1-5-18-16(20-12(4)7-6-11(2)3)19-10-13-8-9-14(22-13)15(17)21;/h8-9,11-12H,5-7,10H2,1-4H3,(H2,17,21)(H2,18,19,20);1H. The molecule has 132 valence electrons. The minimum Gasteiger partial charge on any atom is -0.454 e. The zero-order valence-electron chi connectivity index (χ0n) is 14.4. The van der Waals surface area contributed by atoms with E-state index in [4.69, 9.17) is 10.2 Å². The second-order valence-corrected chi connectivity index (χ2v) is 5.84. The number of hydrogen-bond acceptors (Lipinski definition) is 3. The minimum atomic E-state index is -0.567. The highest BCUT2D eigenvalue weighted by molar-refractivity contribution is 14.0. The molecule has 23 heavy (non-hydrogen) atoms. The van der Waals surface area contributed by atoms with Gasteiger partial charge in [0.05, 0.1) is 0 Å². The molecule has 0 aromatic carbocycles. The number of aliphatic imine (C=N–C) groups is 1. The number of furan rings is 1. The molecule has 1 amide bonds. The van der Waals surface area contributed by atoms with E-state index in [1.807, 2.05) is 6.92 Å². The van der Waals surface area contributed by atoms with Crippen molar-refractivity contribution in [2.75, 3.05) is 6.54 Å². The van der Waals surface area contributed by atoms with Gasteiger partial charge in [0.15, 0.2) is 11.7 Å². The van der Waals surface area contributed by atoms with Crippen LogP contribution in [0.15, 0.2) is 21.5 Å². The number of nitrogens with zero attached hydrogens (tertiary/aromatic N) is 1. The SMILES string of the molecule is CCNC(=NCc1ccc(C(N)=O)o1)NC(C)CCC(C)C.I. The van der Waals surface area contributed by atoms with Crippen molar-refractivity contribution in [2.24, 2.45) is 16.6 Å². The molecular weight excluding hydrogens is 407 g/mol. The summed E-state index contributed by atoms with van der Waals surface area (Å²) < 4.78 is 5.32. The molecule has 1 aromatic heterocycles. The summed E-state index contributed by atoms with van der Waals surface area (Å²) in [5, 5.41) is 6.59. The van der Waals surface area contributed by atoms with Crippen LogP contribution >= 0.6 is 24.0 Å². The van der Waals surface area contributed by atoms with Gasteiger partial charge in [0.25, 0.3) is 5.91 Å². The zero-order chi connectivity index (χ0) is 16.5. The van der Waals surface area contributed by atoms with Gasteiger partial charge in [-0.2, -0.15) is 0 Å². The van der Waals surface area contributed by atoms with E-state index in [0.29, 0.717) is 24.3 Å². The lowest BCUT2D eigenvalue weighted by atomic mass is 10.0. The van der Waals surface area contributed by atoms with Gasteiger partial charge in [0, 0.05) is 12.6 Å². The number of halogens is 1. The second-order valence-electron chi connectivity index (χ2n) is 5.84. The van der Waals surface area contributed by atoms with Gasteiger partial charge in [-0.15, -0.1) is 24.0 Å².